The van der Waals surface area contributed by atoms with Crippen LogP contribution in [0.15, 0.2) is 9.27 Å². The topological polar surface area (TPSA) is 55.0 Å². The Morgan fingerprint density at radius 2 is 2.06 bits per heavy atom. The van der Waals surface area contributed by atoms with Gasteiger partial charge in [0.05, 0.1) is 12.3 Å². The van der Waals surface area contributed by atoms with Gasteiger partial charge in [0.1, 0.15) is 10.3 Å². The summed E-state index contributed by atoms with van der Waals surface area (Å²) in [5.74, 6) is 2.00. The predicted molar refractivity (Wildman–Crippen MR) is 73.6 cm³/mol. The van der Waals surface area contributed by atoms with Gasteiger partial charge in [-0.05, 0) is 34.7 Å². The Morgan fingerprint density at radius 1 is 1.39 bits per heavy atom. The standard InChI is InChI=1S/C13H19BrN2O2/c1-8-3-5-9(6-4-8)12-15-10(7-18-2)11(14)13(17)16-12/h8-9H,3-7H2,1-2H3,(H,15,16,17). The van der Waals surface area contributed by atoms with Gasteiger partial charge in [-0.2, -0.15) is 0 Å². The molecule has 18 heavy (non-hydrogen) atoms. The molecule has 0 aromatic carbocycles. The van der Waals surface area contributed by atoms with Gasteiger partial charge in [0.25, 0.3) is 5.56 Å². The van der Waals surface area contributed by atoms with Crippen LogP contribution in [0.25, 0.3) is 0 Å². The summed E-state index contributed by atoms with van der Waals surface area (Å²) in [6, 6.07) is 0. The summed E-state index contributed by atoms with van der Waals surface area (Å²) < 4.78 is 5.56. The fraction of sp³-hybridized carbons (Fsp3) is 0.692. The molecule has 2 rings (SSSR count). The molecule has 1 aromatic heterocycles. The van der Waals surface area contributed by atoms with Gasteiger partial charge >= 0.3 is 0 Å². The minimum absolute atomic E-state index is 0.106. The van der Waals surface area contributed by atoms with Gasteiger partial charge in [-0.3, -0.25) is 4.79 Å². The number of aromatic amines is 1. The average molecular weight is 315 g/mol. The molecule has 0 unspecified atom stereocenters. The van der Waals surface area contributed by atoms with E-state index in [4.69, 9.17) is 4.74 Å². The van der Waals surface area contributed by atoms with Crippen LogP contribution in [0.2, 0.25) is 0 Å². The van der Waals surface area contributed by atoms with E-state index < -0.39 is 0 Å². The number of nitrogens with zero attached hydrogens (tertiary/aromatic N) is 1. The molecular formula is C13H19BrN2O2. The summed E-state index contributed by atoms with van der Waals surface area (Å²) in [5.41, 5.74) is 0.584. The van der Waals surface area contributed by atoms with Gasteiger partial charge in [0.2, 0.25) is 0 Å². The largest absolute Gasteiger partial charge is 0.378 e. The Hall–Kier alpha value is -0.680. The third-order valence-corrected chi connectivity index (χ3v) is 4.45. The van der Waals surface area contributed by atoms with Crippen LogP contribution in [0, 0.1) is 5.92 Å². The number of hydrogen-bond donors (Lipinski definition) is 1. The Morgan fingerprint density at radius 3 is 2.67 bits per heavy atom. The number of halogens is 1. The van der Waals surface area contributed by atoms with Crippen molar-refractivity contribution in [1.29, 1.82) is 0 Å². The molecule has 1 saturated carbocycles. The van der Waals surface area contributed by atoms with Crippen LogP contribution in [0.3, 0.4) is 0 Å². The van der Waals surface area contributed by atoms with Crippen molar-refractivity contribution >= 4 is 15.9 Å². The number of rotatable bonds is 3. The lowest BCUT2D eigenvalue weighted by Crippen LogP contribution is -2.21. The van der Waals surface area contributed by atoms with E-state index in [1.165, 1.54) is 12.8 Å². The van der Waals surface area contributed by atoms with Crippen molar-refractivity contribution in [2.45, 2.75) is 45.1 Å². The number of aromatic nitrogens is 2. The monoisotopic (exact) mass is 314 g/mol. The minimum atomic E-state index is -0.106. The normalized spacial score (nSPS) is 24.2. The molecule has 0 amide bonds. The smallest absolute Gasteiger partial charge is 0.265 e. The first-order valence-corrected chi connectivity index (χ1v) is 7.18. The van der Waals surface area contributed by atoms with Crippen LogP contribution < -0.4 is 5.56 Å². The highest BCUT2D eigenvalue weighted by molar-refractivity contribution is 9.10. The first-order chi connectivity index (χ1) is 8.61. The Bertz CT molecular complexity index is 465. The molecule has 0 radical (unpaired) electrons. The SMILES string of the molecule is COCc1nc(C2CCC(C)CC2)[nH]c(=O)c1Br. The van der Waals surface area contributed by atoms with E-state index >= 15 is 0 Å². The van der Waals surface area contributed by atoms with Crippen LogP contribution in [-0.2, 0) is 11.3 Å². The molecule has 4 nitrogen and oxygen atoms in total. The molecule has 1 fully saturated rings. The summed E-state index contributed by atoms with van der Waals surface area (Å²) in [6.45, 7) is 2.64. The molecule has 0 atom stereocenters. The summed E-state index contributed by atoms with van der Waals surface area (Å²) in [5, 5.41) is 0. The van der Waals surface area contributed by atoms with E-state index in [-0.39, 0.29) is 5.56 Å². The highest BCUT2D eigenvalue weighted by Gasteiger charge is 2.22. The zero-order valence-electron chi connectivity index (χ0n) is 10.8. The van der Waals surface area contributed by atoms with E-state index in [1.807, 2.05) is 0 Å². The molecule has 0 spiro atoms. The van der Waals surface area contributed by atoms with Crippen LogP contribution >= 0.6 is 15.9 Å². The van der Waals surface area contributed by atoms with Gasteiger partial charge < -0.3 is 9.72 Å². The zero-order chi connectivity index (χ0) is 13.1. The summed E-state index contributed by atoms with van der Waals surface area (Å²) >= 11 is 3.26. The Balaban J connectivity index is 2.25. The lowest BCUT2D eigenvalue weighted by Gasteiger charge is -2.25. The fourth-order valence-electron chi connectivity index (χ4n) is 2.48. The molecule has 0 saturated heterocycles. The molecular weight excluding hydrogens is 296 g/mol. The third kappa shape index (κ3) is 3.01. The number of H-pyrrole nitrogens is 1. The van der Waals surface area contributed by atoms with Crippen LogP contribution in [0.5, 0.6) is 0 Å². The zero-order valence-corrected chi connectivity index (χ0v) is 12.4. The van der Waals surface area contributed by atoms with Gasteiger partial charge in [0.15, 0.2) is 0 Å². The number of methoxy groups -OCH3 is 1. The molecule has 1 N–H and O–H groups in total. The first kappa shape index (κ1) is 13.7. The first-order valence-electron chi connectivity index (χ1n) is 6.39. The second kappa shape index (κ2) is 5.97. The number of nitrogens with one attached hydrogen (secondary N) is 1. The highest BCUT2D eigenvalue weighted by Crippen LogP contribution is 2.33. The van der Waals surface area contributed by atoms with Crippen LogP contribution in [0.1, 0.15) is 50.0 Å². The van der Waals surface area contributed by atoms with Gasteiger partial charge in [-0.25, -0.2) is 4.98 Å². The van der Waals surface area contributed by atoms with Gasteiger partial charge in [0, 0.05) is 13.0 Å². The molecule has 100 valence electrons. The second-order valence-corrected chi connectivity index (χ2v) is 5.89. The van der Waals surface area contributed by atoms with Gasteiger partial charge in [-0.15, -0.1) is 0 Å². The van der Waals surface area contributed by atoms with E-state index in [1.54, 1.807) is 7.11 Å². The van der Waals surface area contributed by atoms with Gasteiger partial charge in [-0.1, -0.05) is 19.8 Å². The molecule has 1 aliphatic carbocycles. The molecule has 1 aliphatic rings. The Kier molecular flexibility index (Phi) is 4.56. The number of ether oxygens (including phenoxy) is 1. The summed E-state index contributed by atoms with van der Waals surface area (Å²) in [7, 11) is 1.61. The van der Waals surface area contributed by atoms with Crippen molar-refractivity contribution in [1.82, 2.24) is 9.97 Å². The van der Waals surface area contributed by atoms with Crippen LogP contribution in [-0.4, -0.2) is 17.1 Å². The predicted octanol–water partition coefficient (Wildman–Crippen LogP) is 2.97. The maximum atomic E-state index is 11.8. The summed E-state index contributed by atoms with van der Waals surface area (Å²) in [4.78, 5) is 19.3. The van der Waals surface area contributed by atoms with E-state index in [0.717, 1.165) is 24.6 Å². The van der Waals surface area contributed by atoms with Crippen molar-refractivity contribution in [2.75, 3.05) is 7.11 Å². The van der Waals surface area contributed by atoms with Crippen LogP contribution in [0.4, 0.5) is 0 Å². The Labute approximate surface area is 115 Å². The molecule has 0 bridgehead atoms. The molecule has 1 heterocycles. The van der Waals surface area contributed by atoms with E-state index in [2.05, 4.69) is 32.8 Å². The lowest BCUT2D eigenvalue weighted by molar-refractivity contribution is 0.180. The van der Waals surface area contributed by atoms with Crippen molar-refractivity contribution in [3.05, 3.63) is 26.3 Å². The molecule has 1 aromatic rings. The highest BCUT2D eigenvalue weighted by atomic mass is 79.9. The quantitative estimate of drug-likeness (QED) is 0.933. The minimum Gasteiger partial charge on any atom is -0.378 e. The van der Waals surface area contributed by atoms with E-state index in [9.17, 15) is 4.79 Å². The maximum absolute atomic E-state index is 11.8. The van der Waals surface area contributed by atoms with E-state index in [0.29, 0.717) is 22.7 Å². The van der Waals surface area contributed by atoms with Crippen molar-refractivity contribution in [3.8, 4) is 0 Å². The fourth-order valence-corrected chi connectivity index (χ4v) is 2.79. The average Bonchev–Trinajstić information content (AvgIpc) is 2.36. The second-order valence-electron chi connectivity index (χ2n) is 5.10. The van der Waals surface area contributed by atoms with Crippen molar-refractivity contribution in [2.24, 2.45) is 5.92 Å². The number of hydrogen-bond acceptors (Lipinski definition) is 3. The third-order valence-electron chi connectivity index (χ3n) is 3.63. The lowest BCUT2D eigenvalue weighted by atomic mass is 9.82. The summed E-state index contributed by atoms with van der Waals surface area (Å²) in [6.07, 6.45) is 4.64. The van der Waals surface area contributed by atoms with Crippen molar-refractivity contribution < 1.29 is 4.74 Å². The molecule has 5 heteroatoms. The maximum Gasteiger partial charge on any atom is 0.265 e. The molecule has 0 aliphatic heterocycles. The van der Waals surface area contributed by atoms with Crippen molar-refractivity contribution in [3.63, 3.8) is 0 Å².